The van der Waals surface area contributed by atoms with E-state index in [1.165, 1.54) is 18.3 Å². The fourth-order valence-electron chi connectivity index (χ4n) is 6.44. The molecule has 2 aromatic heterocycles. The number of nitrogens with one attached hydrogen (secondary N) is 3. The van der Waals surface area contributed by atoms with Gasteiger partial charge in [-0.15, -0.1) is 0 Å². The normalized spacial score (nSPS) is 15.8. The molecule has 5 rings (SSSR count). The van der Waals surface area contributed by atoms with E-state index in [2.05, 4.69) is 20.6 Å². The van der Waals surface area contributed by atoms with Gasteiger partial charge >= 0.3 is 18.2 Å². The summed E-state index contributed by atoms with van der Waals surface area (Å²) in [5, 5.41) is 5.25. The number of likely N-dealkylation sites (tertiary alicyclic amines) is 1. The maximum absolute atomic E-state index is 14.6. The fraction of sp³-hybridized carbons (Fsp3) is 0.500. The number of pyridine rings is 1. The first-order chi connectivity index (χ1) is 26.3. The van der Waals surface area contributed by atoms with Gasteiger partial charge in [-0.05, 0) is 63.8 Å². The van der Waals surface area contributed by atoms with Gasteiger partial charge in [0.15, 0.2) is 17.3 Å². The van der Waals surface area contributed by atoms with Gasteiger partial charge in [0, 0.05) is 63.5 Å². The second-order valence-electron chi connectivity index (χ2n) is 14.4. The molecule has 0 unspecified atom stereocenters. The van der Waals surface area contributed by atoms with E-state index >= 15 is 0 Å². The predicted octanol–water partition coefficient (Wildman–Crippen LogP) is 3.93. The Bertz CT molecular complexity index is 2000. The molecule has 1 saturated heterocycles. The number of hydrogen-bond acceptors (Lipinski definition) is 9. The first-order valence-corrected chi connectivity index (χ1v) is 17.7. The van der Waals surface area contributed by atoms with Crippen LogP contribution in [0.2, 0.25) is 0 Å². The number of hydrogen-bond donors (Lipinski definition) is 3. The quantitative estimate of drug-likeness (QED) is 0.148. The number of nitrogens with zero attached hydrogens (tertiary/aromatic N) is 4. The number of rotatable bonds is 11. The number of alkyl halides is 3. The number of H-pyrrole nitrogens is 1. The third-order valence-corrected chi connectivity index (χ3v) is 9.13. The van der Waals surface area contributed by atoms with Crippen molar-refractivity contribution in [3.63, 3.8) is 0 Å². The lowest BCUT2D eigenvalue weighted by molar-refractivity contribution is -0.148. The number of halogens is 6. The van der Waals surface area contributed by atoms with Gasteiger partial charge in [-0.25, -0.2) is 27.7 Å². The molecular formula is C36H41F6N7O7. The molecule has 0 spiro atoms. The van der Waals surface area contributed by atoms with Crippen LogP contribution in [-0.4, -0.2) is 98.7 Å². The summed E-state index contributed by atoms with van der Waals surface area (Å²) in [4.78, 5) is 72.9. The van der Waals surface area contributed by atoms with E-state index in [9.17, 15) is 50.3 Å². The van der Waals surface area contributed by atoms with Crippen LogP contribution in [0.1, 0.15) is 78.0 Å². The Hall–Kier alpha value is -5.40. The van der Waals surface area contributed by atoms with Crippen molar-refractivity contribution >= 4 is 23.9 Å². The van der Waals surface area contributed by atoms with Gasteiger partial charge in [-0.2, -0.15) is 13.2 Å². The number of piperidine rings is 1. The average molecular weight is 798 g/mol. The summed E-state index contributed by atoms with van der Waals surface area (Å²) in [5.74, 6) is -7.66. The first-order valence-electron chi connectivity index (χ1n) is 17.7. The summed E-state index contributed by atoms with van der Waals surface area (Å²) in [5.41, 5.74) is -2.73. The third kappa shape index (κ3) is 10.7. The highest BCUT2D eigenvalue weighted by Gasteiger charge is 2.42. The first kappa shape index (κ1) is 41.8. The summed E-state index contributed by atoms with van der Waals surface area (Å²) in [6.45, 7) is 4.57. The molecule has 2 aliphatic rings. The van der Waals surface area contributed by atoms with Crippen molar-refractivity contribution in [2.75, 3.05) is 32.8 Å². The molecule has 3 amide bonds. The van der Waals surface area contributed by atoms with Gasteiger partial charge in [-0.3, -0.25) is 19.3 Å². The van der Waals surface area contributed by atoms with Crippen LogP contribution in [0.4, 0.5) is 31.1 Å². The molecule has 0 radical (unpaired) electrons. The van der Waals surface area contributed by atoms with E-state index < -0.39 is 102 Å². The lowest BCUT2D eigenvalue weighted by Gasteiger charge is -2.32. The zero-order valence-electron chi connectivity index (χ0n) is 30.7. The Morgan fingerprint density at radius 1 is 1.00 bits per heavy atom. The Labute approximate surface area is 316 Å². The van der Waals surface area contributed by atoms with Gasteiger partial charge in [0.25, 0.3) is 11.5 Å². The second-order valence-corrected chi connectivity index (χ2v) is 14.4. The molecule has 4 heterocycles. The summed E-state index contributed by atoms with van der Waals surface area (Å²) < 4.78 is 95.6. The third-order valence-electron chi connectivity index (χ3n) is 9.13. The van der Waals surface area contributed by atoms with Crippen molar-refractivity contribution in [3.05, 3.63) is 86.6 Å². The summed E-state index contributed by atoms with van der Waals surface area (Å²) in [6, 6.07) is 2.43. The molecule has 0 saturated carbocycles. The highest BCUT2D eigenvalue weighted by Crippen LogP contribution is 2.33. The Morgan fingerprint density at radius 2 is 1.70 bits per heavy atom. The van der Waals surface area contributed by atoms with Crippen LogP contribution in [0.15, 0.2) is 35.3 Å². The minimum absolute atomic E-state index is 0.0137. The molecule has 1 fully saturated rings. The van der Waals surface area contributed by atoms with Crippen LogP contribution in [0.3, 0.4) is 0 Å². The van der Waals surface area contributed by atoms with Gasteiger partial charge in [0.05, 0.1) is 12.2 Å². The molecule has 0 bridgehead atoms. The van der Waals surface area contributed by atoms with Crippen LogP contribution in [0.25, 0.3) is 0 Å². The number of ether oxygens (including phenoxy) is 2. The molecule has 2 aliphatic heterocycles. The Morgan fingerprint density at radius 3 is 2.36 bits per heavy atom. The summed E-state index contributed by atoms with van der Waals surface area (Å²) >= 11 is 0. The fourth-order valence-corrected chi connectivity index (χ4v) is 6.44. The second kappa shape index (κ2) is 17.2. The number of aromatic nitrogens is 3. The molecule has 1 aromatic carbocycles. The Kier molecular flexibility index (Phi) is 12.8. The number of alkyl carbamates (subject to hydrolysis) is 1. The zero-order chi connectivity index (χ0) is 40.9. The van der Waals surface area contributed by atoms with Crippen molar-refractivity contribution in [2.45, 2.75) is 83.4 Å². The van der Waals surface area contributed by atoms with E-state index in [1.807, 2.05) is 4.90 Å². The van der Waals surface area contributed by atoms with E-state index in [0.717, 1.165) is 9.47 Å². The predicted molar refractivity (Wildman–Crippen MR) is 185 cm³/mol. The van der Waals surface area contributed by atoms with Crippen LogP contribution >= 0.6 is 0 Å². The van der Waals surface area contributed by atoms with E-state index in [1.54, 1.807) is 20.8 Å². The number of carbonyl (C=O) groups is 4. The zero-order valence-corrected chi connectivity index (χ0v) is 30.7. The number of imidazole rings is 1. The highest BCUT2D eigenvalue weighted by molar-refractivity contribution is 5.94. The van der Waals surface area contributed by atoms with Gasteiger partial charge in [0.1, 0.15) is 23.6 Å². The van der Waals surface area contributed by atoms with Crippen molar-refractivity contribution in [3.8, 4) is 0 Å². The summed E-state index contributed by atoms with van der Waals surface area (Å²) in [7, 11) is 0. The van der Waals surface area contributed by atoms with Gasteiger partial charge < -0.3 is 34.6 Å². The molecule has 304 valence electrons. The average Bonchev–Trinajstić information content (AvgIpc) is 3.50. The van der Waals surface area contributed by atoms with Gasteiger partial charge in [-0.1, -0.05) is 0 Å². The summed E-state index contributed by atoms with van der Waals surface area (Å²) in [6.07, 6.45) is -4.50. The minimum atomic E-state index is -4.95. The number of carbonyl (C=O) groups excluding carboxylic acids is 4. The monoisotopic (exact) mass is 797 g/mol. The number of fused-ring (bicyclic) bond motifs is 1. The van der Waals surface area contributed by atoms with Gasteiger partial charge in [0.2, 0.25) is 11.7 Å². The molecule has 56 heavy (non-hydrogen) atoms. The molecule has 0 aliphatic carbocycles. The largest absolute Gasteiger partial charge is 0.460 e. The highest BCUT2D eigenvalue weighted by atomic mass is 19.4. The SMILES string of the molecule is CC(C)(C)OC(=O)N[C@@H](CC(=O)N1CCn2c(C(F)(F)F)nc(C(=O)OCCN3CCC(NC(=O)c4ccc[nH]c4=O)CC3)c2C1)Cc1cc(F)c(F)cc1F. The van der Waals surface area contributed by atoms with Crippen molar-refractivity contribution in [2.24, 2.45) is 0 Å². The molecule has 3 N–H and O–H groups in total. The lowest BCUT2D eigenvalue weighted by atomic mass is 10.0. The molecule has 14 nitrogen and oxygen atoms in total. The molecule has 20 heteroatoms. The molecule has 3 aromatic rings. The van der Waals surface area contributed by atoms with Crippen LogP contribution in [0.5, 0.6) is 0 Å². The number of benzene rings is 1. The van der Waals surface area contributed by atoms with E-state index in [0.29, 0.717) is 38.1 Å². The molecule has 1 atom stereocenters. The lowest BCUT2D eigenvalue weighted by Crippen LogP contribution is -2.46. The Balaban J connectivity index is 1.22. The minimum Gasteiger partial charge on any atom is -0.460 e. The van der Waals surface area contributed by atoms with Crippen molar-refractivity contribution in [1.29, 1.82) is 0 Å². The maximum atomic E-state index is 14.6. The molecular weight excluding hydrogens is 756 g/mol. The van der Waals surface area contributed by atoms with E-state index in [4.69, 9.17) is 9.47 Å². The number of aromatic amines is 1. The topological polar surface area (TPSA) is 168 Å². The van der Waals surface area contributed by atoms with Crippen molar-refractivity contribution in [1.82, 2.24) is 35.0 Å². The van der Waals surface area contributed by atoms with Crippen LogP contribution < -0.4 is 16.2 Å². The smallest absolute Gasteiger partial charge is 0.449 e. The standard InChI is InChI=1S/C36H41F6N7O7/c1-35(2,3)56-34(54)45-22(15-20-16-25(38)26(39)18-24(20)37)17-28(50)48-11-12-49-27(19-48)29(46-33(49)36(40,41)42)32(53)55-14-13-47-9-6-21(7-10-47)44-31(52)23-5-4-8-43-30(23)51/h4-5,8,16,18,21-22H,6-7,9-15,17,19H2,1-3H3,(H,43,51)(H,44,52)(H,45,54)/t22-/m1/s1. The maximum Gasteiger partial charge on any atom is 0.449 e. The van der Waals surface area contributed by atoms with Crippen molar-refractivity contribution < 1.29 is 55.0 Å². The number of esters is 1. The van der Waals surface area contributed by atoms with Crippen LogP contribution in [-0.2, 0) is 40.0 Å². The van der Waals surface area contributed by atoms with E-state index in [-0.39, 0.29) is 42.6 Å². The number of amides is 3. The van der Waals surface area contributed by atoms with Crippen LogP contribution in [0, 0.1) is 17.5 Å².